The first-order valence-corrected chi connectivity index (χ1v) is 3.96. The smallest absolute Gasteiger partial charge is 0.0930 e. The lowest BCUT2D eigenvalue weighted by Gasteiger charge is -2.26. The lowest BCUT2D eigenvalue weighted by Crippen LogP contribution is -2.36. The SMILES string of the molecule is CC(=N)N1C(C)CCC1C. The Bertz CT molecular complexity index is 132. The summed E-state index contributed by atoms with van der Waals surface area (Å²) in [6.45, 7) is 6.27. The van der Waals surface area contributed by atoms with E-state index in [1.54, 1.807) is 0 Å². The molecule has 0 aromatic heterocycles. The van der Waals surface area contributed by atoms with Crippen molar-refractivity contribution in [2.45, 2.75) is 45.7 Å². The van der Waals surface area contributed by atoms with Crippen LogP contribution < -0.4 is 0 Å². The molecule has 1 N–H and O–H groups in total. The molecule has 2 nitrogen and oxygen atoms in total. The molecule has 1 saturated heterocycles. The Morgan fingerprint density at radius 1 is 1.30 bits per heavy atom. The molecule has 0 amide bonds. The van der Waals surface area contributed by atoms with E-state index in [2.05, 4.69) is 18.7 Å². The molecule has 0 bridgehead atoms. The third kappa shape index (κ3) is 1.15. The molecule has 0 aromatic carbocycles. The van der Waals surface area contributed by atoms with Crippen molar-refractivity contribution in [1.29, 1.82) is 5.41 Å². The van der Waals surface area contributed by atoms with Gasteiger partial charge in [0.25, 0.3) is 0 Å². The Morgan fingerprint density at radius 3 is 1.90 bits per heavy atom. The Labute approximate surface area is 62.7 Å². The van der Waals surface area contributed by atoms with E-state index in [1.165, 1.54) is 12.8 Å². The maximum Gasteiger partial charge on any atom is 0.0930 e. The third-order valence-electron chi connectivity index (χ3n) is 2.34. The molecule has 1 fully saturated rings. The fraction of sp³-hybridized carbons (Fsp3) is 0.875. The minimum atomic E-state index is 0.590. The summed E-state index contributed by atoms with van der Waals surface area (Å²) in [6, 6.07) is 1.18. The Morgan fingerprint density at radius 2 is 1.70 bits per heavy atom. The molecule has 0 spiro atoms. The Kier molecular flexibility index (Phi) is 1.97. The Hall–Kier alpha value is -0.530. The lowest BCUT2D eigenvalue weighted by atomic mass is 10.2. The molecule has 10 heavy (non-hydrogen) atoms. The summed E-state index contributed by atoms with van der Waals surface area (Å²) in [5.41, 5.74) is 0. The van der Waals surface area contributed by atoms with Crippen LogP contribution in [-0.2, 0) is 0 Å². The van der Waals surface area contributed by atoms with Crippen LogP contribution in [0, 0.1) is 5.41 Å². The second-order valence-electron chi connectivity index (χ2n) is 3.27. The minimum absolute atomic E-state index is 0.590. The van der Waals surface area contributed by atoms with E-state index in [-0.39, 0.29) is 0 Å². The van der Waals surface area contributed by atoms with Crippen molar-refractivity contribution in [3.63, 3.8) is 0 Å². The highest BCUT2D eigenvalue weighted by Gasteiger charge is 2.26. The molecule has 2 heteroatoms. The number of hydrogen-bond donors (Lipinski definition) is 1. The van der Waals surface area contributed by atoms with E-state index in [4.69, 9.17) is 5.41 Å². The summed E-state index contributed by atoms with van der Waals surface area (Å²) in [7, 11) is 0. The number of nitrogens with one attached hydrogen (secondary N) is 1. The number of likely N-dealkylation sites (tertiary alicyclic amines) is 1. The zero-order chi connectivity index (χ0) is 7.72. The highest BCUT2D eigenvalue weighted by molar-refractivity contribution is 5.77. The highest BCUT2D eigenvalue weighted by Crippen LogP contribution is 2.22. The summed E-state index contributed by atoms with van der Waals surface area (Å²) in [5, 5.41) is 7.48. The molecule has 1 heterocycles. The van der Waals surface area contributed by atoms with Gasteiger partial charge in [-0.1, -0.05) is 0 Å². The predicted octanol–water partition coefficient (Wildman–Crippen LogP) is 1.86. The van der Waals surface area contributed by atoms with Crippen LogP contribution in [0.15, 0.2) is 0 Å². The highest BCUT2D eigenvalue weighted by atomic mass is 15.2. The van der Waals surface area contributed by atoms with Gasteiger partial charge in [0.15, 0.2) is 0 Å². The summed E-state index contributed by atoms with van der Waals surface area (Å²) in [5.74, 6) is 0.720. The van der Waals surface area contributed by atoms with Crippen molar-refractivity contribution in [2.24, 2.45) is 0 Å². The summed E-state index contributed by atoms with van der Waals surface area (Å²) in [6.07, 6.45) is 2.49. The molecule has 0 aromatic rings. The number of amidine groups is 1. The van der Waals surface area contributed by atoms with E-state index in [1.807, 2.05) is 6.92 Å². The molecule has 1 rings (SSSR count). The largest absolute Gasteiger partial charge is 0.355 e. The van der Waals surface area contributed by atoms with Gasteiger partial charge in [0.05, 0.1) is 5.84 Å². The predicted molar refractivity (Wildman–Crippen MR) is 43.4 cm³/mol. The average Bonchev–Trinajstić information content (AvgIpc) is 2.11. The van der Waals surface area contributed by atoms with E-state index < -0.39 is 0 Å². The fourth-order valence-corrected chi connectivity index (χ4v) is 1.86. The molecule has 58 valence electrons. The zero-order valence-corrected chi connectivity index (χ0v) is 7.02. The van der Waals surface area contributed by atoms with Crippen LogP contribution >= 0.6 is 0 Å². The van der Waals surface area contributed by atoms with Gasteiger partial charge in [-0.05, 0) is 33.6 Å². The first kappa shape index (κ1) is 7.58. The van der Waals surface area contributed by atoms with Crippen LogP contribution in [-0.4, -0.2) is 22.8 Å². The molecule has 2 atom stereocenters. The number of rotatable bonds is 0. The molecule has 2 unspecified atom stereocenters. The van der Waals surface area contributed by atoms with Gasteiger partial charge >= 0.3 is 0 Å². The zero-order valence-electron chi connectivity index (χ0n) is 7.02. The van der Waals surface area contributed by atoms with Crippen molar-refractivity contribution in [3.05, 3.63) is 0 Å². The van der Waals surface area contributed by atoms with Crippen molar-refractivity contribution in [3.8, 4) is 0 Å². The second kappa shape index (κ2) is 2.60. The fourth-order valence-electron chi connectivity index (χ4n) is 1.86. The average molecular weight is 140 g/mol. The van der Waals surface area contributed by atoms with Gasteiger partial charge in [-0.25, -0.2) is 0 Å². The van der Waals surface area contributed by atoms with E-state index in [0.29, 0.717) is 12.1 Å². The van der Waals surface area contributed by atoms with E-state index in [9.17, 15) is 0 Å². The summed E-state index contributed by atoms with van der Waals surface area (Å²) < 4.78 is 0. The monoisotopic (exact) mass is 140 g/mol. The lowest BCUT2D eigenvalue weighted by molar-refractivity contribution is 0.341. The maximum absolute atomic E-state index is 7.48. The van der Waals surface area contributed by atoms with Crippen molar-refractivity contribution < 1.29 is 0 Å². The van der Waals surface area contributed by atoms with Crippen LogP contribution in [0.25, 0.3) is 0 Å². The van der Waals surface area contributed by atoms with Gasteiger partial charge in [-0.2, -0.15) is 0 Å². The first-order valence-electron chi connectivity index (χ1n) is 3.96. The quantitative estimate of drug-likeness (QED) is 0.403. The Balaban J connectivity index is 2.63. The van der Waals surface area contributed by atoms with Gasteiger partial charge < -0.3 is 4.90 Å². The summed E-state index contributed by atoms with van der Waals surface area (Å²) in [4.78, 5) is 2.19. The van der Waals surface area contributed by atoms with Crippen LogP contribution in [0.3, 0.4) is 0 Å². The van der Waals surface area contributed by atoms with Crippen molar-refractivity contribution in [1.82, 2.24) is 4.90 Å². The van der Waals surface area contributed by atoms with Crippen LogP contribution in [0.4, 0.5) is 0 Å². The molecule has 1 aliphatic heterocycles. The van der Waals surface area contributed by atoms with Gasteiger partial charge in [0, 0.05) is 12.1 Å². The molecular weight excluding hydrogens is 124 g/mol. The molecule has 0 aliphatic carbocycles. The first-order chi connectivity index (χ1) is 4.63. The van der Waals surface area contributed by atoms with Crippen molar-refractivity contribution in [2.75, 3.05) is 0 Å². The molecular formula is C8H16N2. The van der Waals surface area contributed by atoms with Crippen LogP contribution in [0.5, 0.6) is 0 Å². The summed E-state index contributed by atoms with van der Waals surface area (Å²) >= 11 is 0. The van der Waals surface area contributed by atoms with Gasteiger partial charge in [0.1, 0.15) is 0 Å². The standard InChI is InChI=1S/C8H16N2/c1-6-4-5-7(2)10(6)8(3)9/h6-7,9H,4-5H2,1-3H3. The second-order valence-corrected chi connectivity index (χ2v) is 3.27. The number of nitrogens with zero attached hydrogens (tertiary/aromatic N) is 1. The normalized spacial score (nSPS) is 32.9. The van der Waals surface area contributed by atoms with E-state index in [0.717, 1.165) is 5.84 Å². The van der Waals surface area contributed by atoms with Gasteiger partial charge in [-0.15, -0.1) is 0 Å². The van der Waals surface area contributed by atoms with Crippen molar-refractivity contribution >= 4 is 5.84 Å². The molecule has 0 radical (unpaired) electrons. The van der Waals surface area contributed by atoms with Gasteiger partial charge in [0.2, 0.25) is 0 Å². The van der Waals surface area contributed by atoms with E-state index >= 15 is 0 Å². The number of hydrogen-bond acceptors (Lipinski definition) is 1. The van der Waals surface area contributed by atoms with Crippen LogP contribution in [0.1, 0.15) is 33.6 Å². The maximum atomic E-state index is 7.48. The van der Waals surface area contributed by atoms with Crippen LogP contribution in [0.2, 0.25) is 0 Å². The molecule has 1 aliphatic rings. The van der Waals surface area contributed by atoms with Gasteiger partial charge in [-0.3, -0.25) is 5.41 Å². The topological polar surface area (TPSA) is 27.1 Å². The third-order valence-corrected chi connectivity index (χ3v) is 2.34. The molecule has 0 saturated carbocycles. The minimum Gasteiger partial charge on any atom is -0.355 e.